The zero-order valence-corrected chi connectivity index (χ0v) is 15.9. The van der Waals surface area contributed by atoms with Crippen LogP contribution >= 0.6 is 0 Å². The Labute approximate surface area is 160 Å². The number of benzene rings is 1. The number of methoxy groups -OCH3 is 1. The van der Waals surface area contributed by atoms with E-state index in [2.05, 4.69) is 5.10 Å². The second kappa shape index (κ2) is 7.83. The molecular weight excluding hydrogens is 375 g/mol. The number of morpholine rings is 1. The summed E-state index contributed by atoms with van der Waals surface area (Å²) < 4.78 is 50.1. The van der Waals surface area contributed by atoms with E-state index in [1.54, 1.807) is 50.1 Å². The van der Waals surface area contributed by atoms with E-state index in [1.807, 2.05) is 0 Å². The molecule has 0 N–H and O–H groups in total. The maximum Gasteiger partial charge on any atom is 0.408 e. The standard InChI is InChI=1S/C19H22F3N3O3/c1-12-17(13(2)25(23-12)11-19(20,21)22)16-10-28-9-8-24(16)18(26)14-4-6-15(27-3)7-5-14/h4-7,16H,8-11H2,1-3H3/t16-/m0/s1. The Morgan fingerprint density at radius 2 is 1.96 bits per heavy atom. The lowest BCUT2D eigenvalue weighted by Crippen LogP contribution is -2.43. The predicted octanol–water partition coefficient (Wildman–Crippen LogP) is 3.28. The van der Waals surface area contributed by atoms with Gasteiger partial charge in [0.15, 0.2) is 0 Å². The fraction of sp³-hybridized carbons (Fsp3) is 0.474. The lowest BCUT2D eigenvalue weighted by atomic mass is 10.0. The largest absolute Gasteiger partial charge is 0.497 e. The molecule has 6 nitrogen and oxygen atoms in total. The molecule has 0 unspecified atom stereocenters. The number of alkyl halides is 3. The van der Waals surface area contributed by atoms with Gasteiger partial charge in [0.25, 0.3) is 5.91 Å². The van der Waals surface area contributed by atoms with Crippen LogP contribution in [0.2, 0.25) is 0 Å². The van der Waals surface area contributed by atoms with Crippen LogP contribution in [0.25, 0.3) is 0 Å². The van der Waals surface area contributed by atoms with Crippen molar-refractivity contribution in [1.29, 1.82) is 0 Å². The van der Waals surface area contributed by atoms with Gasteiger partial charge >= 0.3 is 6.18 Å². The van der Waals surface area contributed by atoms with Gasteiger partial charge in [-0.3, -0.25) is 9.48 Å². The molecule has 9 heteroatoms. The van der Waals surface area contributed by atoms with Crippen LogP contribution in [0.1, 0.15) is 33.4 Å². The molecule has 1 saturated heterocycles. The topological polar surface area (TPSA) is 56.6 Å². The number of halogens is 3. The van der Waals surface area contributed by atoms with E-state index in [0.717, 1.165) is 4.68 Å². The van der Waals surface area contributed by atoms with Crippen LogP contribution in [0.3, 0.4) is 0 Å². The van der Waals surface area contributed by atoms with Crippen LogP contribution in [-0.4, -0.2) is 53.6 Å². The zero-order valence-electron chi connectivity index (χ0n) is 15.9. The van der Waals surface area contributed by atoms with Gasteiger partial charge in [-0.25, -0.2) is 0 Å². The first-order valence-electron chi connectivity index (χ1n) is 8.84. The van der Waals surface area contributed by atoms with Crippen molar-refractivity contribution >= 4 is 5.91 Å². The van der Waals surface area contributed by atoms with Crippen molar-refractivity contribution in [3.63, 3.8) is 0 Å². The van der Waals surface area contributed by atoms with Gasteiger partial charge in [-0.2, -0.15) is 18.3 Å². The summed E-state index contributed by atoms with van der Waals surface area (Å²) in [6.45, 7) is 3.00. The van der Waals surface area contributed by atoms with Gasteiger partial charge in [0.2, 0.25) is 0 Å². The number of amides is 1. The van der Waals surface area contributed by atoms with E-state index in [1.165, 1.54) is 0 Å². The van der Waals surface area contributed by atoms with Crippen molar-refractivity contribution < 1.29 is 27.4 Å². The summed E-state index contributed by atoms with van der Waals surface area (Å²) in [7, 11) is 1.54. The van der Waals surface area contributed by atoms with Gasteiger partial charge in [0.05, 0.1) is 32.1 Å². The molecule has 2 heterocycles. The van der Waals surface area contributed by atoms with Crippen molar-refractivity contribution in [2.75, 3.05) is 26.9 Å². The Bertz CT molecular complexity index is 847. The molecule has 1 aliphatic heterocycles. The lowest BCUT2D eigenvalue weighted by molar-refractivity contribution is -0.143. The third-order valence-corrected chi connectivity index (χ3v) is 4.83. The van der Waals surface area contributed by atoms with Crippen LogP contribution in [0.4, 0.5) is 13.2 Å². The summed E-state index contributed by atoms with van der Waals surface area (Å²) >= 11 is 0. The van der Waals surface area contributed by atoms with E-state index < -0.39 is 18.8 Å². The highest BCUT2D eigenvalue weighted by molar-refractivity contribution is 5.94. The summed E-state index contributed by atoms with van der Waals surface area (Å²) in [5.74, 6) is 0.425. The summed E-state index contributed by atoms with van der Waals surface area (Å²) in [5, 5.41) is 4.05. The maximum atomic E-state index is 13.1. The molecule has 0 aliphatic carbocycles. The molecule has 0 spiro atoms. The first-order chi connectivity index (χ1) is 13.2. The molecule has 1 fully saturated rings. The quantitative estimate of drug-likeness (QED) is 0.795. The first kappa shape index (κ1) is 20.2. The number of hydrogen-bond acceptors (Lipinski definition) is 4. The van der Waals surface area contributed by atoms with Crippen LogP contribution in [0, 0.1) is 13.8 Å². The molecule has 0 saturated carbocycles. The van der Waals surface area contributed by atoms with Crippen molar-refractivity contribution in [3.8, 4) is 5.75 Å². The van der Waals surface area contributed by atoms with E-state index in [4.69, 9.17) is 9.47 Å². The van der Waals surface area contributed by atoms with Crippen molar-refractivity contribution in [1.82, 2.24) is 14.7 Å². The Hall–Kier alpha value is -2.55. The van der Waals surface area contributed by atoms with Gasteiger partial charge in [0.1, 0.15) is 12.3 Å². The third kappa shape index (κ3) is 4.14. The highest BCUT2D eigenvalue weighted by atomic mass is 19.4. The molecule has 2 aromatic rings. The van der Waals surface area contributed by atoms with E-state index >= 15 is 0 Å². The van der Waals surface area contributed by atoms with E-state index in [9.17, 15) is 18.0 Å². The van der Waals surface area contributed by atoms with Gasteiger partial charge in [-0.05, 0) is 38.1 Å². The first-order valence-corrected chi connectivity index (χ1v) is 8.84. The summed E-state index contributed by atoms with van der Waals surface area (Å²) in [4.78, 5) is 14.7. The van der Waals surface area contributed by atoms with Gasteiger partial charge in [0, 0.05) is 23.4 Å². The molecule has 0 bridgehead atoms. The predicted molar refractivity (Wildman–Crippen MR) is 95.3 cm³/mol. The smallest absolute Gasteiger partial charge is 0.408 e. The maximum absolute atomic E-state index is 13.1. The van der Waals surface area contributed by atoms with Crippen LogP contribution in [0.5, 0.6) is 5.75 Å². The van der Waals surface area contributed by atoms with Crippen LogP contribution < -0.4 is 4.74 Å². The molecule has 1 aliphatic rings. The Kier molecular flexibility index (Phi) is 5.64. The number of nitrogens with zero attached hydrogens (tertiary/aromatic N) is 3. The molecule has 152 valence electrons. The van der Waals surface area contributed by atoms with Crippen molar-refractivity contribution in [2.24, 2.45) is 0 Å². The van der Waals surface area contributed by atoms with Crippen molar-refractivity contribution in [3.05, 3.63) is 46.8 Å². The number of aryl methyl sites for hydroxylation is 1. The number of rotatable bonds is 4. The highest BCUT2D eigenvalue weighted by Gasteiger charge is 2.35. The average molecular weight is 397 g/mol. The number of hydrogen-bond donors (Lipinski definition) is 0. The summed E-state index contributed by atoms with van der Waals surface area (Å²) in [6, 6.07) is 6.23. The lowest BCUT2D eigenvalue weighted by Gasteiger charge is -2.36. The van der Waals surface area contributed by atoms with Crippen molar-refractivity contribution in [2.45, 2.75) is 32.6 Å². The molecule has 1 aromatic carbocycles. The Morgan fingerprint density at radius 3 is 2.57 bits per heavy atom. The minimum absolute atomic E-state index is 0.210. The second-order valence-corrected chi connectivity index (χ2v) is 6.68. The summed E-state index contributed by atoms with van der Waals surface area (Å²) in [5.41, 5.74) is 1.93. The fourth-order valence-corrected chi connectivity index (χ4v) is 3.50. The van der Waals surface area contributed by atoms with Crippen LogP contribution in [-0.2, 0) is 11.3 Å². The number of carbonyl (C=O) groups excluding carboxylic acids is 1. The number of ether oxygens (including phenoxy) is 2. The summed E-state index contributed by atoms with van der Waals surface area (Å²) in [6.07, 6.45) is -4.37. The van der Waals surface area contributed by atoms with Crippen LogP contribution in [0.15, 0.2) is 24.3 Å². The van der Waals surface area contributed by atoms with Gasteiger partial charge in [-0.15, -0.1) is 0 Å². The molecule has 28 heavy (non-hydrogen) atoms. The van der Waals surface area contributed by atoms with E-state index in [-0.39, 0.29) is 12.5 Å². The monoisotopic (exact) mass is 397 g/mol. The van der Waals surface area contributed by atoms with Gasteiger partial charge < -0.3 is 14.4 Å². The minimum atomic E-state index is -4.37. The SMILES string of the molecule is COc1ccc(C(=O)N2CCOC[C@H]2c2c(C)nn(CC(F)(F)F)c2C)cc1. The molecule has 0 radical (unpaired) electrons. The number of carbonyl (C=O) groups is 1. The fourth-order valence-electron chi connectivity index (χ4n) is 3.50. The Morgan fingerprint density at radius 1 is 1.29 bits per heavy atom. The zero-order chi connectivity index (χ0) is 20.5. The average Bonchev–Trinajstić information content (AvgIpc) is 2.92. The minimum Gasteiger partial charge on any atom is -0.497 e. The second-order valence-electron chi connectivity index (χ2n) is 6.68. The van der Waals surface area contributed by atoms with Gasteiger partial charge in [-0.1, -0.05) is 0 Å². The Balaban J connectivity index is 1.92. The normalized spacial score (nSPS) is 17.6. The highest BCUT2D eigenvalue weighted by Crippen LogP contribution is 2.32. The molecule has 1 aromatic heterocycles. The molecular formula is C19H22F3N3O3. The van der Waals surface area contributed by atoms with E-state index in [0.29, 0.717) is 41.4 Å². The molecule has 1 atom stereocenters. The molecule has 1 amide bonds. The molecule has 3 rings (SSSR count). The third-order valence-electron chi connectivity index (χ3n) is 4.83. The number of aromatic nitrogens is 2.